The Balaban J connectivity index is 1.57. The number of carbonyl (C=O) groups is 1. The normalized spacial score (nSPS) is 25.2. The SMILES string of the molecule is C[C@@H]1[C@H](OCc2ccccc2)[C@H](C(=O)O)CO[C@@H]1COCc1ccccc1. The van der Waals surface area contributed by atoms with Gasteiger partial charge in [-0.1, -0.05) is 67.6 Å². The van der Waals surface area contributed by atoms with E-state index in [1.54, 1.807) is 0 Å². The van der Waals surface area contributed by atoms with E-state index in [1.165, 1.54) is 0 Å². The van der Waals surface area contributed by atoms with Crippen LogP contribution in [0.3, 0.4) is 0 Å². The van der Waals surface area contributed by atoms with E-state index in [0.717, 1.165) is 11.1 Å². The van der Waals surface area contributed by atoms with Gasteiger partial charge in [-0.3, -0.25) is 4.79 Å². The summed E-state index contributed by atoms with van der Waals surface area (Å²) in [5.74, 6) is -1.64. The molecule has 5 nitrogen and oxygen atoms in total. The van der Waals surface area contributed by atoms with Crippen LogP contribution in [0.2, 0.25) is 0 Å². The molecular weight excluding hydrogens is 344 g/mol. The van der Waals surface area contributed by atoms with Gasteiger partial charge in [0.15, 0.2) is 0 Å². The van der Waals surface area contributed by atoms with E-state index in [1.807, 2.05) is 67.6 Å². The van der Waals surface area contributed by atoms with Crippen molar-refractivity contribution < 1.29 is 24.1 Å². The predicted octanol–water partition coefficient (Wildman–Crippen LogP) is 3.52. The molecule has 5 heteroatoms. The third kappa shape index (κ3) is 5.39. The van der Waals surface area contributed by atoms with Gasteiger partial charge in [0.05, 0.1) is 38.6 Å². The monoisotopic (exact) mass is 370 g/mol. The van der Waals surface area contributed by atoms with Crippen LogP contribution in [0.4, 0.5) is 0 Å². The molecular formula is C22H26O5. The fourth-order valence-electron chi connectivity index (χ4n) is 3.37. The molecule has 0 amide bonds. The Hall–Kier alpha value is -2.21. The number of hydrogen-bond acceptors (Lipinski definition) is 4. The van der Waals surface area contributed by atoms with Crippen molar-refractivity contribution in [2.24, 2.45) is 11.8 Å². The number of aliphatic carboxylic acids is 1. The first-order chi connectivity index (χ1) is 13.1. The number of hydrogen-bond donors (Lipinski definition) is 1. The maximum absolute atomic E-state index is 11.6. The van der Waals surface area contributed by atoms with Crippen molar-refractivity contribution in [2.75, 3.05) is 13.2 Å². The van der Waals surface area contributed by atoms with Crippen LogP contribution in [0.25, 0.3) is 0 Å². The second-order valence-corrected chi connectivity index (χ2v) is 6.94. The summed E-state index contributed by atoms with van der Waals surface area (Å²) in [6, 6.07) is 19.7. The van der Waals surface area contributed by atoms with Crippen LogP contribution in [0.5, 0.6) is 0 Å². The van der Waals surface area contributed by atoms with Crippen molar-refractivity contribution in [3.05, 3.63) is 71.8 Å². The first-order valence-corrected chi connectivity index (χ1v) is 9.26. The fourth-order valence-corrected chi connectivity index (χ4v) is 3.37. The largest absolute Gasteiger partial charge is 0.481 e. The molecule has 1 N–H and O–H groups in total. The van der Waals surface area contributed by atoms with Gasteiger partial charge in [-0.05, 0) is 11.1 Å². The minimum atomic E-state index is -0.886. The van der Waals surface area contributed by atoms with Gasteiger partial charge in [-0.2, -0.15) is 0 Å². The fraction of sp³-hybridized carbons (Fsp3) is 0.409. The molecule has 2 aromatic carbocycles. The molecule has 0 aliphatic carbocycles. The van der Waals surface area contributed by atoms with Crippen molar-refractivity contribution in [3.63, 3.8) is 0 Å². The predicted molar refractivity (Wildman–Crippen MR) is 101 cm³/mol. The highest BCUT2D eigenvalue weighted by atomic mass is 16.5. The molecule has 1 aliphatic heterocycles. The molecule has 0 bridgehead atoms. The molecule has 1 saturated heterocycles. The first kappa shape index (κ1) is 19.5. The molecule has 4 atom stereocenters. The van der Waals surface area contributed by atoms with Crippen LogP contribution in [-0.4, -0.2) is 36.5 Å². The summed E-state index contributed by atoms with van der Waals surface area (Å²) in [7, 11) is 0. The van der Waals surface area contributed by atoms with Crippen molar-refractivity contribution in [1.29, 1.82) is 0 Å². The second kappa shape index (κ2) is 9.65. The van der Waals surface area contributed by atoms with Crippen LogP contribution < -0.4 is 0 Å². The second-order valence-electron chi connectivity index (χ2n) is 6.94. The summed E-state index contributed by atoms with van der Waals surface area (Å²) in [5, 5.41) is 9.54. The third-order valence-corrected chi connectivity index (χ3v) is 4.99. The Morgan fingerprint density at radius 1 is 1.04 bits per heavy atom. The Morgan fingerprint density at radius 3 is 2.22 bits per heavy atom. The van der Waals surface area contributed by atoms with E-state index in [-0.39, 0.29) is 18.6 Å². The molecule has 2 aromatic rings. The Morgan fingerprint density at radius 2 is 1.63 bits per heavy atom. The molecule has 1 fully saturated rings. The highest BCUT2D eigenvalue weighted by Gasteiger charge is 2.42. The van der Waals surface area contributed by atoms with Crippen molar-refractivity contribution >= 4 is 5.97 Å². The van der Waals surface area contributed by atoms with Gasteiger partial charge in [-0.25, -0.2) is 0 Å². The average Bonchev–Trinajstić information content (AvgIpc) is 2.69. The van der Waals surface area contributed by atoms with Crippen LogP contribution in [0.15, 0.2) is 60.7 Å². The molecule has 0 unspecified atom stereocenters. The topological polar surface area (TPSA) is 65.0 Å². The summed E-state index contributed by atoms with van der Waals surface area (Å²) in [5.41, 5.74) is 2.12. The minimum absolute atomic E-state index is 0.0839. The van der Waals surface area contributed by atoms with Crippen molar-refractivity contribution in [2.45, 2.75) is 32.3 Å². The van der Waals surface area contributed by atoms with E-state index in [0.29, 0.717) is 19.8 Å². The smallest absolute Gasteiger partial charge is 0.311 e. The van der Waals surface area contributed by atoms with E-state index in [2.05, 4.69) is 0 Å². The lowest BCUT2D eigenvalue weighted by molar-refractivity contribution is -0.186. The molecule has 3 rings (SSSR count). The molecule has 1 aliphatic rings. The third-order valence-electron chi connectivity index (χ3n) is 4.99. The van der Waals surface area contributed by atoms with Gasteiger partial charge in [0.1, 0.15) is 5.92 Å². The number of rotatable bonds is 8. The van der Waals surface area contributed by atoms with Crippen LogP contribution in [0.1, 0.15) is 18.1 Å². The molecule has 0 saturated carbocycles. The lowest BCUT2D eigenvalue weighted by Crippen LogP contribution is -2.50. The highest BCUT2D eigenvalue weighted by molar-refractivity contribution is 5.71. The number of carboxylic acids is 1. The summed E-state index contributed by atoms with van der Waals surface area (Å²) in [6.45, 7) is 3.41. The van der Waals surface area contributed by atoms with Crippen molar-refractivity contribution in [1.82, 2.24) is 0 Å². The van der Waals surface area contributed by atoms with Gasteiger partial charge < -0.3 is 19.3 Å². The van der Waals surface area contributed by atoms with Gasteiger partial charge in [0.2, 0.25) is 0 Å². The zero-order valence-corrected chi connectivity index (χ0v) is 15.5. The van der Waals surface area contributed by atoms with Gasteiger partial charge in [0.25, 0.3) is 0 Å². The Labute approximate surface area is 159 Å². The van der Waals surface area contributed by atoms with Gasteiger partial charge in [0, 0.05) is 5.92 Å². The lowest BCUT2D eigenvalue weighted by atomic mass is 9.86. The van der Waals surface area contributed by atoms with E-state index in [9.17, 15) is 9.90 Å². The first-order valence-electron chi connectivity index (χ1n) is 9.26. The Kier molecular flexibility index (Phi) is 6.98. The van der Waals surface area contributed by atoms with Gasteiger partial charge in [-0.15, -0.1) is 0 Å². The maximum Gasteiger partial charge on any atom is 0.311 e. The molecule has 144 valence electrons. The van der Waals surface area contributed by atoms with Gasteiger partial charge >= 0.3 is 5.97 Å². The van der Waals surface area contributed by atoms with Crippen LogP contribution in [0, 0.1) is 11.8 Å². The summed E-state index contributed by atoms with van der Waals surface area (Å²) < 4.78 is 17.6. The highest BCUT2D eigenvalue weighted by Crippen LogP contribution is 2.29. The van der Waals surface area contributed by atoms with Crippen LogP contribution in [-0.2, 0) is 32.2 Å². The summed E-state index contributed by atoms with van der Waals surface area (Å²) in [6.07, 6.45) is -0.605. The molecule has 1 heterocycles. The van der Waals surface area contributed by atoms with E-state index >= 15 is 0 Å². The number of ether oxygens (including phenoxy) is 3. The Bertz CT molecular complexity index is 703. The number of benzene rings is 2. The molecule has 0 radical (unpaired) electrons. The molecule has 27 heavy (non-hydrogen) atoms. The lowest BCUT2D eigenvalue weighted by Gasteiger charge is -2.39. The quantitative estimate of drug-likeness (QED) is 0.770. The standard InChI is InChI=1S/C22H26O5/c1-16-20(15-25-12-17-8-4-2-5-9-17)26-14-19(22(23)24)21(16)27-13-18-10-6-3-7-11-18/h2-11,16,19-21H,12-15H2,1H3,(H,23,24)/t16-,19+,20+,21-/m0/s1. The molecule has 0 spiro atoms. The summed E-state index contributed by atoms with van der Waals surface area (Å²) in [4.78, 5) is 11.6. The summed E-state index contributed by atoms with van der Waals surface area (Å²) >= 11 is 0. The van der Waals surface area contributed by atoms with Crippen LogP contribution >= 0.6 is 0 Å². The average molecular weight is 370 g/mol. The zero-order chi connectivity index (χ0) is 19.1. The minimum Gasteiger partial charge on any atom is -0.481 e. The zero-order valence-electron chi connectivity index (χ0n) is 15.5. The van der Waals surface area contributed by atoms with Crippen molar-refractivity contribution in [3.8, 4) is 0 Å². The van der Waals surface area contributed by atoms with E-state index in [4.69, 9.17) is 14.2 Å². The maximum atomic E-state index is 11.6. The van der Waals surface area contributed by atoms with E-state index < -0.39 is 18.0 Å². The number of carboxylic acid groups (broad SMARTS) is 1. The molecule has 0 aromatic heterocycles.